The highest BCUT2D eigenvalue weighted by Crippen LogP contribution is 2.25. The van der Waals surface area contributed by atoms with Gasteiger partial charge in [-0.15, -0.1) is 0 Å². The first-order valence-electron chi connectivity index (χ1n) is 7.03. The third-order valence-electron chi connectivity index (χ3n) is 3.83. The van der Waals surface area contributed by atoms with Crippen LogP contribution >= 0.6 is 0 Å². The summed E-state index contributed by atoms with van der Waals surface area (Å²) in [4.78, 5) is 2.32. The fraction of sp³-hybridized carbons (Fsp3) is 1.00. The van der Waals surface area contributed by atoms with Crippen LogP contribution in [0.4, 0.5) is 13.2 Å². The van der Waals surface area contributed by atoms with E-state index in [1.165, 1.54) is 0 Å². The molecule has 0 bridgehead atoms. The lowest BCUT2D eigenvalue weighted by molar-refractivity contribution is -0.174. The highest BCUT2D eigenvalue weighted by atomic mass is 19.4. The largest absolute Gasteiger partial charge is 0.411 e. The van der Waals surface area contributed by atoms with Crippen molar-refractivity contribution in [2.45, 2.75) is 32.4 Å². The second kappa shape index (κ2) is 8.07. The maximum absolute atomic E-state index is 11.9. The van der Waals surface area contributed by atoms with E-state index in [-0.39, 0.29) is 6.61 Å². The van der Waals surface area contributed by atoms with Gasteiger partial charge in [-0.3, -0.25) is 0 Å². The molecule has 0 saturated carbocycles. The molecule has 114 valence electrons. The molecule has 0 radical (unpaired) electrons. The lowest BCUT2D eigenvalue weighted by Gasteiger charge is -2.37. The minimum absolute atomic E-state index is 0.174. The SMILES string of the molecule is CCC1CN(CCCOCC(F)(F)F)CCC1CN. The first-order chi connectivity index (χ1) is 8.96. The Kier molecular flexibility index (Phi) is 7.10. The van der Waals surface area contributed by atoms with Gasteiger partial charge in [-0.25, -0.2) is 0 Å². The van der Waals surface area contributed by atoms with Crippen molar-refractivity contribution in [3.8, 4) is 0 Å². The predicted molar refractivity (Wildman–Crippen MR) is 68.9 cm³/mol. The second-order valence-electron chi connectivity index (χ2n) is 5.27. The van der Waals surface area contributed by atoms with Crippen molar-refractivity contribution in [3.63, 3.8) is 0 Å². The molecule has 0 spiro atoms. The summed E-state index contributed by atoms with van der Waals surface area (Å²) in [7, 11) is 0. The number of hydrogen-bond donors (Lipinski definition) is 1. The Morgan fingerprint density at radius 1 is 1.32 bits per heavy atom. The van der Waals surface area contributed by atoms with E-state index in [2.05, 4.69) is 16.6 Å². The van der Waals surface area contributed by atoms with Crippen LogP contribution < -0.4 is 5.73 Å². The molecule has 2 unspecified atom stereocenters. The number of ether oxygens (including phenoxy) is 1. The smallest absolute Gasteiger partial charge is 0.372 e. The molecule has 3 nitrogen and oxygen atoms in total. The molecule has 0 aromatic rings. The van der Waals surface area contributed by atoms with Gasteiger partial charge in [0, 0.05) is 19.7 Å². The Bertz CT molecular complexity index is 249. The molecule has 19 heavy (non-hydrogen) atoms. The maximum Gasteiger partial charge on any atom is 0.411 e. The number of halogens is 3. The summed E-state index contributed by atoms with van der Waals surface area (Å²) in [6.45, 7) is 4.76. The van der Waals surface area contributed by atoms with E-state index in [0.29, 0.717) is 18.3 Å². The van der Waals surface area contributed by atoms with Gasteiger partial charge in [0.2, 0.25) is 0 Å². The lowest BCUT2D eigenvalue weighted by Crippen LogP contribution is -2.43. The van der Waals surface area contributed by atoms with Crippen LogP contribution in [0, 0.1) is 11.8 Å². The van der Waals surface area contributed by atoms with Gasteiger partial charge in [0.25, 0.3) is 0 Å². The number of likely N-dealkylation sites (tertiary alicyclic amines) is 1. The van der Waals surface area contributed by atoms with Crippen LogP contribution in [0.5, 0.6) is 0 Å². The Hall–Kier alpha value is -0.330. The van der Waals surface area contributed by atoms with Crippen LogP contribution in [0.15, 0.2) is 0 Å². The maximum atomic E-state index is 11.9. The van der Waals surface area contributed by atoms with Crippen molar-refractivity contribution >= 4 is 0 Å². The third kappa shape index (κ3) is 6.58. The number of hydrogen-bond acceptors (Lipinski definition) is 3. The van der Waals surface area contributed by atoms with Crippen LogP contribution in [0.25, 0.3) is 0 Å². The van der Waals surface area contributed by atoms with Crippen molar-refractivity contribution in [3.05, 3.63) is 0 Å². The van der Waals surface area contributed by atoms with Crippen molar-refractivity contribution in [1.82, 2.24) is 4.90 Å². The van der Waals surface area contributed by atoms with Gasteiger partial charge in [-0.1, -0.05) is 13.3 Å². The fourth-order valence-corrected chi connectivity index (χ4v) is 2.71. The van der Waals surface area contributed by atoms with E-state index in [4.69, 9.17) is 5.73 Å². The van der Waals surface area contributed by atoms with Gasteiger partial charge in [0.1, 0.15) is 6.61 Å². The first kappa shape index (κ1) is 16.7. The minimum atomic E-state index is -4.22. The Morgan fingerprint density at radius 2 is 2.05 bits per heavy atom. The number of nitrogens with two attached hydrogens (primary N) is 1. The molecule has 0 aliphatic carbocycles. The second-order valence-corrected chi connectivity index (χ2v) is 5.27. The molecule has 1 aliphatic rings. The molecule has 1 fully saturated rings. The van der Waals surface area contributed by atoms with Crippen LogP contribution in [-0.4, -0.2) is 50.5 Å². The normalized spacial score (nSPS) is 25.7. The summed E-state index contributed by atoms with van der Waals surface area (Å²) >= 11 is 0. The number of nitrogens with zero attached hydrogens (tertiary/aromatic N) is 1. The Balaban J connectivity index is 2.13. The van der Waals surface area contributed by atoms with Crippen LogP contribution in [0.2, 0.25) is 0 Å². The molecule has 2 N–H and O–H groups in total. The minimum Gasteiger partial charge on any atom is -0.372 e. The summed E-state index contributed by atoms with van der Waals surface area (Å²) in [5, 5.41) is 0. The zero-order valence-electron chi connectivity index (χ0n) is 11.6. The predicted octanol–water partition coefficient (Wildman–Crippen LogP) is 2.26. The standard InChI is InChI=1S/C13H25F3N2O/c1-2-11-9-18(6-4-12(11)8-17)5-3-7-19-10-13(14,15)16/h11-12H,2-10,17H2,1H3. The molecule has 1 saturated heterocycles. The van der Waals surface area contributed by atoms with Crippen LogP contribution in [-0.2, 0) is 4.74 Å². The quantitative estimate of drug-likeness (QED) is 0.728. The first-order valence-corrected chi connectivity index (χ1v) is 7.03. The third-order valence-corrected chi connectivity index (χ3v) is 3.83. The molecule has 6 heteroatoms. The average Bonchev–Trinajstić information content (AvgIpc) is 2.36. The van der Waals surface area contributed by atoms with Gasteiger partial charge in [0.15, 0.2) is 0 Å². The molecule has 1 aliphatic heterocycles. The van der Waals surface area contributed by atoms with Gasteiger partial charge in [-0.05, 0) is 37.8 Å². The molecule has 0 amide bonds. The lowest BCUT2D eigenvalue weighted by atomic mass is 9.84. The summed E-state index contributed by atoms with van der Waals surface area (Å²) in [5.74, 6) is 1.22. The molecular weight excluding hydrogens is 257 g/mol. The fourth-order valence-electron chi connectivity index (χ4n) is 2.71. The zero-order chi connectivity index (χ0) is 14.3. The summed E-state index contributed by atoms with van der Waals surface area (Å²) in [6.07, 6.45) is -1.35. The highest BCUT2D eigenvalue weighted by Gasteiger charge is 2.28. The Labute approximate surface area is 113 Å². The van der Waals surface area contributed by atoms with E-state index in [0.717, 1.165) is 39.0 Å². The molecular formula is C13H25F3N2O. The number of rotatable bonds is 7. The molecule has 1 rings (SSSR count). The van der Waals surface area contributed by atoms with Crippen molar-refractivity contribution in [2.24, 2.45) is 17.6 Å². The average molecular weight is 282 g/mol. The summed E-state index contributed by atoms with van der Waals surface area (Å²) in [5.41, 5.74) is 5.75. The van der Waals surface area contributed by atoms with Crippen molar-refractivity contribution < 1.29 is 17.9 Å². The zero-order valence-corrected chi connectivity index (χ0v) is 11.6. The Morgan fingerprint density at radius 3 is 2.63 bits per heavy atom. The highest BCUT2D eigenvalue weighted by molar-refractivity contribution is 4.80. The van der Waals surface area contributed by atoms with Gasteiger partial charge in [0.05, 0.1) is 0 Å². The number of piperidine rings is 1. The van der Waals surface area contributed by atoms with E-state index in [9.17, 15) is 13.2 Å². The molecule has 2 atom stereocenters. The van der Waals surface area contributed by atoms with Crippen molar-refractivity contribution in [2.75, 3.05) is 39.4 Å². The van der Waals surface area contributed by atoms with Crippen LogP contribution in [0.3, 0.4) is 0 Å². The van der Waals surface area contributed by atoms with Gasteiger partial charge < -0.3 is 15.4 Å². The van der Waals surface area contributed by atoms with Crippen molar-refractivity contribution in [1.29, 1.82) is 0 Å². The summed E-state index contributed by atoms with van der Waals surface area (Å²) < 4.78 is 40.2. The van der Waals surface area contributed by atoms with E-state index < -0.39 is 12.8 Å². The topological polar surface area (TPSA) is 38.5 Å². The summed E-state index contributed by atoms with van der Waals surface area (Å²) in [6, 6.07) is 0. The van der Waals surface area contributed by atoms with Crippen LogP contribution in [0.1, 0.15) is 26.2 Å². The monoisotopic (exact) mass is 282 g/mol. The van der Waals surface area contributed by atoms with Gasteiger partial charge >= 0.3 is 6.18 Å². The van der Waals surface area contributed by atoms with Gasteiger partial charge in [-0.2, -0.15) is 13.2 Å². The molecule has 0 aromatic heterocycles. The molecule has 1 heterocycles. The number of alkyl halides is 3. The van der Waals surface area contributed by atoms with E-state index >= 15 is 0 Å². The molecule has 0 aromatic carbocycles. The van der Waals surface area contributed by atoms with E-state index in [1.54, 1.807) is 0 Å². The van der Waals surface area contributed by atoms with E-state index in [1.807, 2.05) is 0 Å².